The summed E-state index contributed by atoms with van der Waals surface area (Å²) in [6.07, 6.45) is -2.44. The lowest BCUT2D eigenvalue weighted by molar-refractivity contribution is -0.321. The summed E-state index contributed by atoms with van der Waals surface area (Å²) in [5.41, 5.74) is 0.500. The van der Waals surface area contributed by atoms with Crippen molar-refractivity contribution in [1.82, 2.24) is 0 Å². The van der Waals surface area contributed by atoms with E-state index < -0.39 is 23.9 Å². The van der Waals surface area contributed by atoms with Gasteiger partial charge in [-0.1, -0.05) is 60.3 Å². The Bertz CT molecular complexity index is 698. The molecule has 2 aromatic carbocycles. The average molecular weight is 374 g/mol. The number of ether oxygens (including phenoxy) is 4. The smallest absolute Gasteiger partial charge is 0.184 e. The molecule has 0 aliphatic carbocycles. The average Bonchev–Trinajstić information content (AvgIpc) is 2.70. The normalized spacial score (nSPS) is 34.2. The highest BCUT2D eigenvalue weighted by Crippen LogP contribution is 2.39. The number of fused-ring (bicyclic) bond motifs is 1. The van der Waals surface area contributed by atoms with Crippen molar-refractivity contribution in [3.8, 4) is 0 Å². The second-order valence-electron chi connectivity index (χ2n) is 6.34. The van der Waals surface area contributed by atoms with Crippen molar-refractivity contribution < 1.29 is 24.1 Å². The maximum absolute atomic E-state index is 10.8. The summed E-state index contributed by atoms with van der Waals surface area (Å²) in [4.78, 5) is 1.03. The molecule has 0 amide bonds. The van der Waals surface area contributed by atoms with Crippen molar-refractivity contribution >= 4 is 11.8 Å². The zero-order valence-corrected chi connectivity index (χ0v) is 15.2. The molecule has 1 N–H and O–H groups in total. The molecule has 5 nitrogen and oxygen atoms in total. The van der Waals surface area contributed by atoms with Crippen LogP contribution in [0.4, 0.5) is 0 Å². The van der Waals surface area contributed by atoms with E-state index in [0.29, 0.717) is 6.61 Å². The standard InChI is InChI=1S/C20H22O5S/c1-22-18-16(21)20(26-14-10-6-3-7-11-14)24-15-12-23-19(25-17(15)18)13-8-4-2-5-9-13/h2-11,15-21H,12H2,1H3/t15?,16?,17-,18?,19?,20-/m1/s1. The number of benzene rings is 2. The number of hydrogen-bond acceptors (Lipinski definition) is 6. The summed E-state index contributed by atoms with van der Waals surface area (Å²) in [5, 5.41) is 10.8. The minimum Gasteiger partial charge on any atom is -0.387 e. The Balaban J connectivity index is 1.49. The molecule has 4 unspecified atom stereocenters. The number of aliphatic hydroxyl groups excluding tert-OH is 1. The van der Waals surface area contributed by atoms with Crippen LogP contribution >= 0.6 is 11.8 Å². The minimum absolute atomic E-state index is 0.287. The molecule has 2 heterocycles. The molecule has 2 aromatic rings. The SMILES string of the molecule is COC1C(O)[C@@H](Sc2ccccc2)OC2COC(c3ccccc3)O[C@H]21. The largest absolute Gasteiger partial charge is 0.387 e. The number of methoxy groups -OCH3 is 1. The van der Waals surface area contributed by atoms with Crippen LogP contribution in [0, 0.1) is 0 Å². The summed E-state index contributed by atoms with van der Waals surface area (Å²) in [5.74, 6) is 0. The van der Waals surface area contributed by atoms with Crippen LogP contribution in [0.25, 0.3) is 0 Å². The highest BCUT2D eigenvalue weighted by atomic mass is 32.2. The van der Waals surface area contributed by atoms with Crippen LogP contribution in [0.3, 0.4) is 0 Å². The molecule has 26 heavy (non-hydrogen) atoms. The molecule has 0 radical (unpaired) electrons. The van der Waals surface area contributed by atoms with Gasteiger partial charge in [0.25, 0.3) is 0 Å². The molecular formula is C20H22O5S. The molecule has 2 saturated heterocycles. The minimum atomic E-state index is -0.805. The zero-order chi connectivity index (χ0) is 17.9. The number of rotatable bonds is 4. The van der Waals surface area contributed by atoms with Gasteiger partial charge in [-0.05, 0) is 12.1 Å². The third-order valence-electron chi connectivity index (χ3n) is 4.65. The van der Waals surface area contributed by atoms with E-state index in [2.05, 4.69) is 0 Å². The van der Waals surface area contributed by atoms with Crippen LogP contribution in [0.15, 0.2) is 65.6 Å². The van der Waals surface area contributed by atoms with Crippen molar-refractivity contribution in [3.05, 3.63) is 66.2 Å². The van der Waals surface area contributed by atoms with Crippen molar-refractivity contribution in [3.63, 3.8) is 0 Å². The van der Waals surface area contributed by atoms with E-state index in [1.807, 2.05) is 60.7 Å². The predicted molar refractivity (Wildman–Crippen MR) is 97.8 cm³/mol. The van der Waals surface area contributed by atoms with Gasteiger partial charge in [0.1, 0.15) is 29.9 Å². The first-order valence-corrected chi connectivity index (χ1v) is 9.54. The molecule has 2 aliphatic rings. The molecule has 4 rings (SSSR count). The molecule has 2 aliphatic heterocycles. The third-order valence-corrected chi connectivity index (χ3v) is 5.81. The maximum Gasteiger partial charge on any atom is 0.184 e. The van der Waals surface area contributed by atoms with Gasteiger partial charge in [-0.15, -0.1) is 0 Å². The summed E-state index contributed by atoms with van der Waals surface area (Å²) in [7, 11) is 1.59. The lowest BCUT2D eigenvalue weighted by Gasteiger charge is -2.47. The van der Waals surface area contributed by atoms with E-state index >= 15 is 0 Å². The topological polar surface area (TPSA) is 57.2 Å². The van der Waals surface area contributed by atoms with Crippen LogP contribution in [0.5, 0.6) is 0 Å². The molecule has 0 saturated carbocycles. The summed E-state index contributed by atoms with van der Waals surface area (Å²) in [6.45, 7) is 0.392. The van der Waals surface area contributed by atoms with E-state index in [1.165, 1.54) is 11.8 Å². The number of hydrogen-bond donors (Lipinski definition) is 1. The van der Waals surface area contributed by atoms with Gasteiger partial charge in [-0.2, -0.15) is 0 Å². The second kappa shape index (κ2) is 8.08. The molecule has 138 valence electrons. The quantitative estimate of drug-likeness (QED) is 0.888. The zero-order valence-electron chi connectivity index (χ0n) is 14.4. The molecule has 2 fully saturated rings. The van der Waals surface area contributed by atoms with Gasteiger partial charge in [-0.25, -0.2) is 0 Å². The van der Waals surface area contributed by atoms with Gasteiger partial charge < -0.3 is 24.1 Å². The Hall–Kier alpha value is -1.41. The highest BCUT2D eigenvalue weighted by Gasteiger charge is 2.50. The summed E-state index contributed by atoms with van der Waals surface area (Å²) < 4.78 is 23.7. The first-order chi connectivity index (χ1) is 12.8. The lowest BCUT2D eigenvalue weighted by Crippen LogP contribution is -2.61. The fraction of sp³-hybridized carbons (Fsp3) is 0.400. The Kier molecular flexibility index (Phi) is 5.59. The number of thioether (sulfide) groups is 1. The van der Waals surface area contributed by atoms with Gasteiger partial charge in [0.05, 0.1) is 6.61 Å². The van der Waals surface area contributed by atoms with Gasteiger partial charge in [-0.3, -0.25) is 0 Å². The Morgan fingerprint density at radius 3 is 2.38 bits per heavy atom. The van der Waals surface area contributed by atoms with E-state index in [4.69, 9.17) is 18.9 Å². The van der Waals surface area contributed by atoms with Crippen molar-refractivity contribution in [2.75, 3.05) is 13.7 Å². The van der Waals surface area contributed by atoms with Crippen LogP contribution < -0.4 is 0 Å². The first-order valence-electron chi connectivity index (χ1n) is 8.66. The van der Waals surface area contributed by atoms with E-state index in [9.17, 15) is 5.11 Å². The van der Waals surface area contributed by atoms with Crippen molar-refractivity contribution in [2.24, 2.45) is 0 Å². The van der Waals surface area contributed by atoms with Gasteiger partial charge in [0, 0.05) is 17.6 Å². The van der Waals surface area contributed by atoms with E-state index in [1.54, 1.807) is 7.11 Å². The molecule has 6 heteroatoms. The Labute approximate surface area is 157 Å². The van der Waals surface area contributed by atoms with Crippen LogP contribution in [-0.2, 0) is 18.9 Å². The highest BCUT2D eigenvalue weighted by molar-refractivity contribution is 7.99. The molecule has 0 bridgehead atoms. The monoisotopic (exact) mass is 374 g/mol. The van der Waals surface area contributed by atoms with E-state index in [-0.39, 0.29) is 12.2 Å². The second-order valence-corrected chi connectivity index (χ2v) is 7.51. The van der Waals surface area contributed by atoms with Gasteiger partial charge in [0.15, 0.2) is 6.29 Å². The maximum atomic E-state index is 10.8. The summed E-state index contributed by atoms with van der Waals surface area (Å²) >= 11 is 1.48. The van der Waals surface area contributed by atoms with Crippen LogP contribution in [-0.4, -0.2) is 48.7 Å². The summed E-state index contributed by atoms with van der Waals surface area (Å²) in [6, 6.07) is 19.6. The fourth-order valence-electron chi connectivity index (χ4n) is 3.34. The van der Waals surface area contributed by atoms with Crippen molar-refractivity contribution in [1.29, 1.82) is 0 Å². The van der Waals surface area contributed by atoms with Crippen molar-refractivity contribution in [2.45, 2.75) is 41.0 Å². The fourth-order valence-corrected chi connectivity index (χ4v) is 4.42. The Morgan fingerprint density at radius 1 is 1.00 bits per heavy atom. The third kappa shape index (κ3) is 3.67. The molecule has 0 spiro atoms. The predicted octanol–water partition coefficient (Wildman–Crippen LogP) is 2.99. The Morgan fingerprint density at radius 2 is 1.69 bits per heavy atom. The molecule has 0 aromatic heterocycles. The van der Waals surface area contributed by atoms with Gasteiger partial charge >= 0.3 is 0 Å². The van der Waals surface area contributed by atoms with Crippen LogP contribution in [0.2, 0.25) is 0 Å². The molecular weight excluding hydrogens is 352 g/mol. The lowest BCUT2D eigenvalue weighted by atomic mass is 9.98. The molecule has 6 atom stereocenters. The number of aliphatic hydroxyl groups is 1. The first kappa shape index (κ1) is 18.0. The van der Waals surface area contributed by atoms with Gasteiger partial charge in [0.2, 0.25) is 0 Å². The van der Waals surface area contributed by atoms with Crippen LogP contribution in [0.1, 0.15) is 11.9 Å². The van der Waals surface area contributed by atoms with E-state index in [0.717, 1.165) is 10.5 Å².